The van der Waals surface area contributed by atoms with Crippen molar-refractivity contribution in [3.63, 3.8) is 0 Å². The normalized spacial score (nSPS) is 15.9. The van der Waals surface area contributed by atoms with Crippen LogP contribution in [0.2, 0.25) is 0 Å². The summed E-state index contributed by atoms with van der Waals surface area (Å²) in [5, 5.41) is 3.95. The minimum atomic E-state index is 0.172. The number of amides is 1. The molecule has 0 saturated carbocycles. The van der Waals surface area contributed by atoms with Gasteiger partial charge in [0.2, 0.25) is 5.91 Å². The first-order chi connectivity index (χ1) is 6.77. The molecular weight excluding hydrogens is 254 g/mol. The van der Waals surface area contributed by atoms with E-state index in [0.717, 1.165) is 11.8 Å². The Morgan fingerprint density at radius 2 is 1.87 bits per heavy atom. The predicted octanol–water partition coefficient (Wildman–Crippen LogP) is 3.35. The first-order valence-electron chi connectivity index (χ1n) is 5.62. The summed E-state index contributed by atoms with van der Waals surface area (Å²) in [5.74, 6) is 0.583. The van der Waals surface area contributed by atoms with E-state index in [1.54, 1.807) is 0 Å². The summed E-state index contributed by atoms with van der Waals surface area (Å²) >= 11 is 3.37. The van der Waals surface area contributed by atoms with Crippen LogP contribution in [0.4, 0.5) is 0 Å². The van der Waals surface area contributed by atoms with Gasteiger partial charge in [0.25, 0.3) is 0 Å². The molecule has 0 rings (SSSR count). The van der Waals surface area contributed by atoms with Crippen LogP contribution in [0.3, 0.4) is 0 Å². The maximum Gasteiger partial charge on any atom is 0.220 e. The Labute approximate surface area is 102 Å². The van der Waals surface area contributed by atoms with Crippen LogP contribution in [0.15, 0.2) is 0 Å². The molecule has 0 aromatic rings. The third kappa shape index (κ3) is 6.93. The van der Waals surface area contributed by atoms with Crippen molar-refractivity contribution >= 4 is 21.8 Å². The third-order valence-electron chi connectivity index (χ3n) is 2.92. The smallest absolute Gasteiger partial charge is 0.220 e. The van der Waals surface area contributed by atoms with E-state index in [9.17, 15) is 4.79 Å². The number of halogens is 1. The number of carbonyl (C=O) groups is 1. The highest BCUT2D eigenvalue weighted by atomic mass is 79.9. The number of carbonyl (C=O) groups excluding carboxylic acids is 1. The van der Waals surface area contributed by atoms with Crippen LogP contribution in [-0.4, -0.2) is 17.3 Å². The van der Waals surface area contributed by atoms with Gasteiger partial charge in [-0.15, -0.1) is 0 Å². The summed E-state index contributed by atoms with van der Waals surface area (Å²) in [6.45, 7) is 10.7. The van der Waals surface area contributed by atoms with Crippen LogP contribution in [0.25, 0.3) is 0 Å². The second kappa shape index (κ2) is 6.51. The van der Waals surface area contributed by atoms with Gasteiger partial charge in [-0.05, 0) is 24.7 Å². The predicted molar refractivity (Wildman–Crippen MR) is 69.3 cm³/mol. The fourth-order valence-corrected chi connectivity index (χ4v) is 1.84. The van der Waals surface area contributed by atoms with Crippen molar-refractivity contribution in [2.45, 2.75) is 53.5 Å². The number of nitrogens with one attached hydrogen (secondary N) is 1. The van der Waals surface area contributed by atoms with Crippen LogP contribution in [0.5, 0.6) is 0 Å². The summed E-state index contributed by atoms with van der Waals surface area (Å²) in [6.07, 6.45) is 1.60. The van der Waals surface area contributed by atoms with Crippen LogP contribution in [0.1, 0.15) is 47.5 Å². The molecule has 0 radical (unpaired) electrons. The summed E-state index contributed by atoms with van der Waals surface area (Å²) in [5.41, 5.74) is 0.204. The highest BCUT2D eigenvalue weighted by Gasteiger charge is 2.22. The summed E-state index contributed by atoms with van der Waals surface area (Å²) in [4.78, 5) is 11.7. The molecule has 0 spiro atoms. The molecule has 0 fully saturated rings. The van der Waals surface area contributed by atoms with E-state index in [1.807, 2.05) is 6.92 Å². The van der Waals surface area contributed by atoms with E-state index in [4.69, 9.17) is 0 Å². The molecule has 1 N–H and O–H groups in total. The molecule has 15 heavy (non-hydrogen) atoms. The average molecular weight is 278 g/mol. The lowest BCUT2D eigenvalue weighted by Crippen LogP contribution is -2.35. The standard InChI is InChI=1S/C12H24BrNO/c1-9(12(3,4)5)8-11(15)14-10(2)6-7-13/h9-10H,6-8H2,1-5H3,(H,14,15). The van der Waals surface area contributed by atoms with Gasteiger partial charge < -0.3 is 5.32 Å². The zero-order chi connectivity index (χ0) is 12.1. The molecule has 0 aromatic heterocycles. The first-order valence-corrected chi connectivity index (χ1v) is 6.74. The topological polar surface area (TPSA) is 29.1 Å². The van der Waals surface area contributed by atoms with Crippen LogP contribution in [0, 0.1) is 11.3 Å². The van der Waals surface area contributed by atoms with Crippen molar-refractivity contribution in [2.24, 2.45) is 11.3 Å². The first kappa shape index (κ1) is 14.9. The monoisotopic (exact) mass is 277 g/mol. The van der Waals surface area contributed by atoms with Crippen LogP contribution < -0.4 is 5.32 Å². The van der Waals surface area contributed by atoms with E-state index in [2.05, 4.69) is 48.9 Å². The lowest BCUT2D eigenvalue weighted by Gasteiger charge is -2.27. The molecule has 0 aromatic carbocycles. The second-order valence-corrected chi connectivity index (χ2v) is 6.21. The molecule has 0 heterocycles. The van der Waals surface area contributed by atoms with Gasteiger partial charge in [0.15, 0.2) is 0 Å². The zero-order valence-corrected chi connectivity index (χ0v) is 12.1. The Morgan fingerprint density at radius 1 is 1.33 bits per heavy atom. The van der Waals surface area contributed by atoms with Gasteiger partial charge in [-0.25, -0.2) is 0 Å². The molecule has 0 aliphatic rings. The Hall–Kier alpha value is -0.0500. The van der Waals surface area contributed by atoms with E-state index >= 15 is 0 Å². The molecule has 2 nitrogen and oxygen atoms in total. The molecule has 2 unspecified atom stereocenters. The highest BCUT2D eigenvalue weighted by molar-refractivity contribution is 9.09. The molecule has 2 atom stereocenters. The Morgan fingerprint density at radius 3 is 2.27 bits per heavy atom. The highest BCUT2D eigenvalue weighted by Crippen LogP contribution is 2.27. The van der Waals surface area contributed by atoms with Crippen molar-refractivity contribution in [1.29, 1.82) is 0 Å². The molecule has 0 bridgehead atoms. The van der Waals surface area contributed by atoms with Gasteiger partial charge in [0.1, 0.15) is 0 Å². The van der Waals surface area contributed by atoms with Crippen molar-refractivity contribution in [1.82, 2.24) is 5.32 Å². The largest absolute Gasteiger partial charge is 0.354 e. The molecule has 0 aliphatic heterocycles. The van der Waals surface area contributed by atoms with Crippen LogP contribution in [-0.2, 0) is 4.79 Å². The van der Waals surface area contributed by atoms with Gasteiger partial charge >= 0.3 is 0 Å². The van der Waals surface area contributed by atoms with E-state index in [1.165, 1.54) is 0 Å². The minimum absolute atomic E-state index is 0.172. The molecule has 0 aliphatic carbocycles. The maximum absolute atomic E-state index is 11.7. The number of rotatable bonds is 5. The third-order valence-corrected chi connectivity index (χ3v) is 3.38. The average Bonchev–Trinajstić information content (AvgIpc) is 2.01. The SMILES string of the molecule is CC(CCBr)NC(=O)CC(C)C(C)(C)C. The number of hydrogen-bond acceptors (Lipinski definition) is 1. The minimum Gasteiger partial charge on any atom is -0.354 e. The number of alkyl halides is 1. The molecule has 0 saturated heterocycles. The summed E-state index contributed by atoms with van der Waals surface area (Å²) in [6, 6.07) is 0.268. The van der Waals surface area contributed by atoms with Gasteiger partial charge in [0, 0.05) is 17.8 Å². The van der Waals surface area contributed by atoms with Crippen molar-refractivity contribution < 1.29 is 4.79 Å². The number of hydrogen-bond donors (Lipinski definition) is 1. The Bertz CT molecular complexity index is 198. The fourth-order valence-electron chi connectivity index (χ4n) is 1.15. The van der Waals surface area contributed by atoms with Gasteiger partial charge in [0.05, 0.1) is 0 Å². The van der Waals surface area contributed by atoms with E-state index in [-0.39, 0.29) is 17.4 Å². The Balaban J connectivity index is 3.94. The van der Waals surface area contributed by atoms with Crippen molar-refractivity contribution in [3.05, 3.63) is 0 Å². The molecule has 3 heteroatoms. The molecule has 1 amide bonds. The van der Waals surface area contributed by atoms with Gasteiger partial charge in [-0.3, -0.25) is 4.79 Å². The van der Waals surface area contributed by atoms with Crippen LogP contribution >= 0.6 is 15.9 Å². The lowest BCUT2D eigenvalue weighted by atomic mass is 9.80. The van der Waals surface area contributed by atoms with Gasteiger partial charge in [-0.2, -0.15) is 0 Å². The van der Waals surface area contributed by atoms with Crippen molar-refractivity contribution in [3.8, 4) is 0 Å². The fraction of sp³-hybridized carbons (Fsp3) is 0.917. The van der Waals surface area contributed by atoms with E-state index < -0.39 is 0 Å². The maximum atomic E-state index is 11.7. The summed E-state index contributed by atoms with van der Waals surface area (Å²) in [7, 11) is 0. The lowest BCUT2D eigenvalue weighted by molar-refractivity contribution is -0.123. The van der Waals surface area contributed by atoms with Gasteiger partial charge in [-0.1, -0.05) is 43.6 Å². The quantitative estimate of drug-likeness (QED) is 0.768. The summed E-state index contributed by atoms with van der Waals surface area (Å²) < 4.78 is 0. The molecular formula is C12H24BrNO. The van der Waals surface area contributed by atoms with E-state index in [0.29, 0.717) is 12.3 Å². The Kier molecular flexibility index (Phi) is 6.49. The molecule has 90 valence electrons. The second-order valence-electron chi connectivity index (χ2n) is 5.42. The van der Waals surface area contributed by atoms with Crippen molar-refractivity contribution in [2.75, 3.05) is 5.33 Å². The zero-order valence-electron chi connectivity index (χ0n) is 10.6.